The van der Waals surface area contributed by atoms with E-state index in [-0.39, 0.29) is 0 Å². The van der Waals surface area contributed by atoms with Crippen molar-refractivity contribution in [3.63, 3.8) is 0 Å². The van der Waals surface area contributed by atoms with E-state index in [1.807, 2.05) is 12.3 Å². The molecule has 13 heavy (non-hydrogen) atoms. The van der Waals surface area contributed by atoms with E-state index in [4.69, 9.17) is 4.42 Å². The number of rotatable bonds is 3. The van der Waals surface area contributed by atoms with Gasteiger partial charge in [-0.3, -0.25) is 4.90 Å². The second kappa shape index (κ2) is 3.52. The lowest BCUT2D eigenvalue weighted by Crippen LogP contribution is -2.56. The van der Waals surface area contributed by atoms with Crippen molar-refractivity contribution in [1.82, 2.24) is 10.2 Å². The minimum absolute atomic E-state index is 0.450. The lowest BCUT2D eigenvalue weighted by atomic mass is 10.1. The van der Waals surface area contributed by atoms with Crippen LogP contribution in [0.5, 0.6) is 0 Å². The summed E-state index contributed by atoms with van der Waals surface area (Å²) in [6, 6.07) is 3.17. The third-order valence-corrected chi connectivity index (χ3v) is 2.97. The highest BCUT2D eigenvalue weighted by molar-refractivity contribution is 5.11. The molecule has 0 spiro atoms. The van der Waals surface area contributed by atoms with Crippen LogP contribution in [0.4, 0.5) is 0 Å². The predicted molar refractivity (Wildman–Crippen MR) is 51.5 cm³/mol. The molecule has 1 aromatic heterocycles. The topological polar surface area (TPSA) is 28.4 Å². The monoisotopic (exact) mass is 180 g/mol. The van der Waals surface area contributed by atoms with E-state index in [9.17, 15) is 0 Å². The Hall–Kier alpha value is -0.800. The van der Waals surface area contributed by atoms with Crippen LogP contribution in [-0.2, 0) is 0 Å². The van der Waals surface area contributed by atoms with Crippen molar-refractivity contribution in [2.75, 3.05) is 20.1 Å². The van der Waals surface area contributed by atoms with E-state index >= 15 is 0 Å². The molecule has 0 bridgehead atoms. The van der Waals surface area contributed by atoms with Crippen molar-refractivity contribution in [1.29, 1.82) is 0 Å². The van der Waals surface area contributed by atoms with Crippen molar-refractivity contribution < 1.29 is 4.42 Å². The average Bonchev–Trinajstić information content (AvgIpc) is 2.51. The first kappa shape index (κ1) is 8.78. The molecule has 3 heteroatoms. The summed E-state index contributed by atoms with van der Waals surface area (Å²) in [5.41, 5.74) is 1.26. The van der Waals surface area contributed by atoms with E-state index in [0.29, 0.717) is 12.1 Å². The third-order valence-electron chi connectivity index (χ3n) is 2.97. The number of hydrogen-bond donors (Lipinski definition) is 1. The van der Waals surface area contributed by atoms with Gasteiger partial charge in [0.1, 0.15) is 0 Å². The minimum atomic E-state index is 0.450. The van der Waals surface area contributed by atoms with Crippen LogP contribution in [0.3, 0.4) is 0 Å². The maximum Gasteiger partial charge on any atom is 0.0950 e. The maximum absolute atomic E-state index is 5.07. The van der Waals surface area contributed by atoms with Gasteiger partial charge in [0.15, 0.2) is 0 Å². The number of hydrogen-bond acceptors (Lipinski definition) is 3. The smallest absolute Gasteiger partial charge is 0.0950 e. The molecule has 1 aliphatic heterocycles. The summed E-state index contributed by atoms with van der Waals surface area (Å²) in [7, 11) is 2.17. The number of nitrogens with one attached hydrogen (secondary N) is 1. The standard InChI is InChI=1S/C10H16N2O/c1-8(9-3-4-13-7-9)12(2)10-5-11-6-10/h3-4,7-8,10-11H,5-6H2,1-2H3. The molecule has 2 rings (SSSR count). The molecule has 0 saturated carbocycles. The zero-order valence-corrected chi connectivity index (χ0v) is 8.16. The minimum Gasteiger partial charge on any atom is -0.472 e. The van der Waals surface area contributed by atoms with Gasteiger partial charge >= 0.3 is 0 Å². The summed E-state index contributed by atoms with van der Waals surface area (Å²) in [5.74, 6) is 0. The summed E-state index contributed by atoms with van der Waals surface area (Å²) < 4.78 is 5.07. The second-order valence-corrected chi connectivity index (χ2v) is 3.71. The lowest BCUT2D eigenvalue weighted by molar-refractivity contribution is 0.136. The fraction of sp³-hybridized carbons (Fsp3) is 0.600. The van der Waals surface area contributed by atoms with Crippen LogP contribution in [0.25, 0.3) is 0 Å². The average molecular weight is 180 g/mol. The van der Waals surface area contributed by atoms with Gasteiger partial charge in [-0.15, -0.1) is 0 Å². The van der Waals surface area contributed by atoms with Crippen LogP contribution in [0, 0.1) is 0 Å². The molecule has 0 aromatic carbocycles. The molecule has 2 heterocycles. The van der Waals surface area contributed by atoms with E-state index in [2.05, 4.69) is 24.2 Å². The maximum atomic E-state index is 5.07. The number of nitrogens with zero attached hydrogens (tertiary/aromatic N) is 1. The molecule has 0 radical (unpaired) electrons. The van der Waals surface area contributed by atoms with Crippen LogP contribution in [0.15, 0.2) is 23.0 Å². The molecule has 1 aromatic rings. The van der Waals surface area contributed by atoms with Crippen LogP contribution in [0.1, 0.15) is 18.5 Å². The molecular formula is C10H16N2O. The Morgan fingerprint density at radius 3 is 2.85 bits per heavy atom. The number of furan rings is 1. The van der Waals surface area contributed by atoms with Gasteiger partial charge < -0.3 is 9.73 Å². The fourth-order valence-electron chi connectivity index (χ4n) is 1.63. The fourth-order valence-corrected chi connectivity index (χ4v) is 1.63. The molecule has 1 saturated heterocycles. The van der Waals surface area contributed by atoms with Gasteiger partial charge in [-0.1, -0.05) is 0 Å². The Bertz CT molecular complexity index is 254. The van der Waals surface area contributed by atoms with E-state index < -0.39 is 0 Å². The normalized spacial score (nSPS) is 20.2. The van der Waals surface area contributed by atoms with Gasteiger partial charge in [-0.05, 0) is 20.0 Å². The Morgan fingerprint density at radius 1 is 1.62 bits per heavy atom. The zero-order chi connectivity index (χ0) is 9.26. The summed E-state index contributed by atoms with van der Waals surface area (Å²) in [4.78, 5) is 2.39. The summed E-state index contributed by atoms with van der Waals surface area (Å²) in [6.07, 6.45) is 3.56. The van der Waals surface area contributed by atoms with E-state index in [1.165, 1.54) is 5.56 Å². The molecule has 0 aliphatic carbocycles. The molecule has 1 atom stereocenters. The Labute approximate surface area is 78.7 Å². The van der Waals surface area contributed by atoms with Crippen LogP contribution in [0.2, 0.25) is 0 Å². The van der Waals surface area contributed by atoms with Gasteiger partial charge in [-0.2, -0.15) is 0 Å². The van der Waals surface area contributed by atoms with Gasteiger partial charge in [-0.25, -0.2) is 0 Å². The highest BCUT2D eigenvalue weighted by Gasteiger charge is 2.25. The summed E-state index contributed by atoms with van der Waals surface area (Å²) in [6.45, 7) is 4.43. The Balaban J connectivity index is 1.99. The first-order valence-corrected chi connectivity index (χ1v) is 4.74. The molecule has 0 amide bonds. The summed E-state index contributed by atoms with van der Waals surface area (Å²) >= 11 is 0. The largest absolute Gasteiger partial charge is 0.472 e. The molecule has 1 unspecified atom stereocenters. The predicted octanol–water partition coefficient (Wildman–Crippen LogP) is 1.24. The van der Waals surface area contributed by atoms with Crippen LogP contribution < -0.4 is 5.32 Å². The Morgan fingerprint density at radius 2 is 2.38 bits per heavy atom. The van der Waals surface area contributed by atoms with E-state index in [1.54, 1.807) is 6.26 Å². The molecule has 1 N–H and O–H groups in total. The molecule has 1 aliphatic rings. The SMILES string of the molecule is CC(c1ccoc1)N(C)C1CNC1. The number of likely N-dealkylation sites (N-methyl/N-ethyl adjacent to an activating group) is 1. The highest BCUT2D eigenvalue weighted by Crippen LogP contribution is 2.21. The molecule has 3 nitrogen and oxygen atoms in total. The van der Waals surface area contributed by atoms with Gasteiger partial charge in [0.2, 0.25) is 0 Å². The van der Waals surface area contributed by atoms with Gasteiger partial charge in [0, 0.05) is 30.7 Å². The molecule has 72 valence electrons. The van der Waals surface area contributed by atoms with Crippen molar-refractivity contribution in [2.45, 2.75) is 19.0 Å². The quantitative estimate of drug-likeness (QED) is 0.758. The van der Waals surface area contributed by atoms with Gasteiger partial charge in [0.05, 0.1) is 12.5 Å². The first-order valence-electron chi connectivity index (χ1n) is 4.74. The van der Waals surface area contributed by atoms with Crippen molar-refractivity contribution >= 4 is 0 Å². The van der Waals surface area contributed by atoms with Gasteiger partial charge in [0.25, 0.3) is 0 Å². The van der Waals surface area contributed by atoms with Crippen LogP contribution >= 0.6 is 0 Å². The zero-order valence-electron chi connectivity index (χ0n) is 8.16. The third kappa shape index (κ3) is 1.62. The van der Waals surface area contributed by atoms with Crippen molar-refractivity contribution in [3.8, 4) is 0 Å². The highest BCUT2D eigenvalue weighted by atomic mass is 16.3. The first-order chi connectivity index (χ1) is 6.29. The Kier molecular flexibility index (Phi) is 2.38. The van der Waals surface area contributed by atoms with Crippen molar-refractivity contribution in [3.05, 3.63) is 24.2 Å². The van der Waals surface area contributed by atoms with Crippen LogP contribution in [-0.4, -0.2) is 31.1 Å². The molecule has 1 fully saturated rings. The lowest BCUT2D eigenvalue weighted by Gasteiger charge is -2.39. The second-order valence-electron chi connectivity index (χ2n) is 3.71. The summed E-state index contributed by atoms with van der Waals surface area (Å²) in [5, 5.41) is 3.28. The molecular weight excluding hydrogens is 164 g/mol. The van der Waals surface area contributed by atoms with Crippen molar-refractivity contribution in [2.24, 2.45) is 0 Å². The van der Waals surface area contributed by atoms with E-state index in [0.717, 1.165) is 13.1 Å².